The Morgan fingerprint density at radius 1 is 1.18 bits per heavy atom. The monoisotopic (exact) mass is 398 g/mol. The Morgan fingerprint density at radius 3 is 2.61 bits per heavy atom. The molecule has 2 heterocycles. The summed E-state index contributed by atoms with van der Waals surface area (Å²) in [7, 11) is -3.53. The molecule has 1 aliphatic heterocycles. The van der Waals surface area contributed by atoms with E-state index in [1.807, 2.05) is 12.3 Å². The summed E-state index contributed by atoms with van der Waals surface area (Å²) in [4.78, 5) is 4.88. The molecule has 1 aliphatic carbocycles. The molecule has 7 heteroatoms. The van der Waals surface area contributed by atoms with Crippen LogP contribution in [0.25, 0.3) is 0 Å². The molecule has 1 unspecified atom stereocenters. The molecule has 0 bridgehead atoms. The van der Waals surface area contributed by atoms with Gasteiger partial charge in [-0.15, -0.1) is 0 Å². The molecule has 0 N–H and O–H groups in total. The molecule has 2 aromatic rings. The van der Waals surface area contributed by atoms with Crippen molar-refractivity contribution in [2.45, 2.75) is 50.5 Å². The number of hydrogen-bond donors (Lipinski definition) is 0. The first-order valence-corrected chi connectivity index (χ1v) is 11.4. The van der Waals surface area contributed by atoms with Crippen LogP contribution >= 0.6 is 0 Å². The first-order valence-electron chi connectivity index (χ1n) is 9.98. The molecule has 1 atom stereocenters. The van der Waals surface area contributed by atoms with Crippen LogP contribution in [-0.2, 0) is 23.0 Å². The molecule has 1 aromatic heterocycles. The van der Waals surface area contributed by atoms with Crippen molar-refractivity contribution in [3.8, 4) is 6.07 Å². The second-order valence-corrected chi connectivity index (χ2v) is 10.0. The first kappa shape index (κ1) is 19.2. The van der Waals surface area contributed by atoms with Crippen molar-refractivity contribution < 1.29 is 8.42 Å². The number of piperidine rings is 1. The zero-order valence-corrected chi connectivity index (χ0v) is 17.0. The maximum Gasteiger partial charge on any atom is 0.243 e. The van der Waals surface area contributed by atoms with Crippen LogP contribution in [0, 0.1) is 30.1 Å². The average molecular weight is 399 g/mol. The normalized spacial score (nSPS) is 20.8. The summed E-state index contributed by atoms with van der Waals surface area (Å²) in [5.41, 5.74) is 1.66. The molecule has 0 spiro atoms. The van der Waals surface area contributed by atoms with Gasteiger partial charge in [-0.1, -0.05) is 0 Å². The minimum absolute atomic E-state index is 0.262. The van der Waals surface area contributed by atoms with Gasteiger partial charge in [0.05, 0.1) is 16.5 Å². The molecular formula is C21H26N4O2S. The summed E-state index contributed by atoms with van der Waals surface area (Å²) in [6, 6.07) is 8.21. The highest BCUT2D eigenvalue weighted by Gasteiger charge is 2.31. The van der Waals surface area contributed by atoms with Gasteiger partial charge in [0.2, 0.25) is 10.0 Å². The maximum absolute atomic E-state index is 13.0. The highest BCUT2D eigenvalue weighted by Crippen LogP contribution is 2.32. The molecule has 28 heavy (non-hydrogen) atoms. The van der Waals surface area contributed by atoms with Gasteiger partial charge in [-0.25, -0.2) is 13.4 Å². The van der Waals surface area contributed by atoms with Crippen molar-refractivity contribution in [2.24, 2.45) is 11.8 Å². The van der Waals surface area contributed by atoms with Crippen molar-refractivity contribution in [3.05, 3.63) is 47.5 Å². The molecule has 2 aliphatic rings. The van der Waals surface area contributed by atoms with Crippen LogP contribution in [0.3, 0.4) is 0 Å². The standard InChI is InChI=1S/C21H26N4O2S/c1-16-13-23-21(25(16)15-18-4-5-18)11-19-3-2-10-24(14-19)28(26,27)20-8-6-17(12-22)7-9-20/h6-9,13,18-19H,2-5,10-11,14-15H2,1H3. The third kappa shape index (κ3) is 3.98. The number of nitriles is 1. The predicted molar refractivity (Wildman–Crippen MR) is 106 cm³/mol. The zero-order valence-electron chi connectivity index (χ0n) is 16.2. The second kappa shape index (κ2) is 7.69. The zero-order chi connectivity index (χ0) is 19.7. The second-order valence-electron chi connectivity index (χ2n) is 8.08. The number of imidazole rings is 1. The number of sulfonamides is 1. The van der Waals surface area contributed by atoms with Crippen molar-refractivity contribution in [1.82, 2.24) is 13.9 Å². The summed E-state index contributed by atoms with van der Waals surface area (Å²) in [6.45, 7) is 4.22. The van der Waals surface area contributed by atoms with Crippen LogP contribution in [0.15, 0.2) is 35.4 Å². The van der Waals surface area contributed by atoms with E-state index in [1.165, 1.54) is 30.7 Å². The first-order chi connectivity index (χ1) is 13.5. The van der Waals surface area contributed by atoms with Crippen molar-refractivity contribution in [2.75, 3.05) is 13.1 Å². The highest BCUT2D eigenvalue weighted by molar-refractivity contribution is 7.89. The molecule has 4 rings (SSSR count). The quantitative estimate of drug-likeness (QED) is 0.749. The predicted octanol–water partition coefficient (Wildman–Crippen LogP) is 3.12. The fourth-order valence-corrected chi connectivity index (χ4v) is 5.56. The van der Waals surface area contributed by atoms with Gasteiger partial charge >= 0.3 is 0 Å². The van der Waals surface area contributed by atoms with E-state index in [-0.39, 0.29) is 10.8 Å². The number of aryl methyl sites for hydroxylation is 1. The molecule has 1 saturated heterocycles. The molecule has 2 fully saturated rings. The van der Waals surface area contributed by atoms with Gasteiger partial charge < -0.3 is 4.57 Å². The van der Waals surface area contributed by atoms with Gasteiger partial charge in [-0.05, 0) is 68.7 Å². The SMILES string of the molecule is Cc1cnc(CC2CCCN(S(=O)(=O)c3ccc(C#N)cc3)C2)n1CC1CC1. The lowest BCUT2D eigenvalue weighted by Crippen LogP contribution is -2.40. The van der Waals surface area contributed by atoms with Gasteiger partial charge in [-0.3, -0.25) is 0 Å². The topological polar surface area (TPSA) is 79.0 Å². The molecule has 1 saturated carbocycles. The Kier molecular flexibility index (Phi) is 5.26. The third-order valence-electron chi connectivity index (χ3n) is 5.85. The number of aromatic nitrogens is 2. The van der Waals surface area contributed by atoms with E-state index in [0.717, 1.165) is 37.5 Å². The Balaban J connectivity index is 1.47. The molecule has 0 amide bonds. The molecule has 6 nitrogen and oxygen atoms in total. The van der Waals surface area contributed by atoms with Gasteiger partial charge in [-0.2, -0.15) is 9.57 Å². The fraction of sp³-hybridized carbons (Fsp3) is 0.524. The van der Waals surface area contributed by atoms with Gasteiger partial charge in [0.25, 0.3) is 0 Å². The Morgan fingerprint density at radius 2 is 1.93 bits per heavy atom. The fourth-order valence-electron chi connectivity index (χ4n) is 4.00. The van der Waals surface area contributed by atoms with E-state index in [2.05, 4.69) is 16.5 Å². The Hall–Kier alpha value is -2.17. The van der Waals surface area contributed by atoms with Gasteiger partial charge in [0.1, 0.15) is 5.82 Å². The van der Waals surface area contributed by atoms with Crippen LogP contribution < -0.4 is 0 Å². The smallest absolute Gasteiger partial charge is 0.243 e. The molecule has 148 valence electrons. The Bertz CT molecular complexity index is 984. The average Bonchev–Trinajstić information content (AvgIpc) is 3.47. The summed E-state index contributed by atoms with van der Waals surface area (Å²) < 4.78 is 30.0. The lowest BCUT2D eigenvalue weighted by atomic mass is 9.96. The number of nitrogens with zero attached hydrogens (tertiary/aromatic N) is 4. The number of rotatable bonds is 6. The number of benzene rings is 1. The summed E-state index contributed by atoms with van der Waals surface area (Å²) in [6.07, 6.45) is 7.25. The summed E-state index contributed by atoms with van der Waals surface area (Å²) in [5, 5.41) is 8.92. The van der Waals surface area contributed by atoms with Crippen LogP contribution in [0.5, 0.6) is 0 Å². The van der Waals surface area contributed by atoms with E-state index in [0.29, 0.717) is 18.7 Å². The summed E-state index contributed by atoms with van der Waals surface area (Å²) in [5.74, 6) is 2.15. The minimum Gasteiger partial charge on any atom is -0.332 e. The van der Waals surface area contributed by atoms with Crippen LogP contribution in [0.4, 0.5) is 0 Å². The third-order valence-corrected chi connectivity index (χ3v) is 7.73. The maximum atomic E-state index is 13.0. The largest absolute Gasteiger partial charge is 0.332 e. The lowest BCUT2D eigenvalue weighted by Gasteiger charge is -2.32. The van der Waals surface area contributed by atoms with Crippen molar-refractivity contribution in [3.63, 3.8) is 0 Å². The minimum atomic E-state index is -3.53. The molecular weight excluding hydrogens is 372 g/mol. The summed E-state index contributed by atoms with van der Waals surface area (Å²) >= 11 is 0. The van der Waals surface area contributed by atoms with Crippen molar-refractivity contribution in [1.29, 1.82) is 5.26 Å². The van der Waals surface area contributed by atoms with Crippen molar-refractivity contribution >= 4 is 10.0 Å². The van der Waals surface area contributed by atoms with Gasteiger partial charge in [0, 0.05) is 37.9 Å². The molecule has 1 aromatic carbocycles. The highest BCUT2D eigenvalue weighted by atomic mass is 32.2. The van der Waals surface area contributed by atoms with Crippen LogP contribution in [0.1, 0.15) is 42.8 Å². The number of hydrogen-bond acceptors (Lipinski definition) is 4. The lowest BCUT2D eigenvalue weighted by molar-refractivity contribution is 0.261. The van der Waals surface area contributed by atoms with E-state index < -0.39 is 10.0 Å². The van der Waals surface area contributed by atoms with Crippen LogP contribution in [-0.4, -0.2) is 35.4 Å². The van der Waals surface area contributed by atoms with E-state index in [4.69, 9.17) is 5.26 Å². The van der Waals surface area contributed by atoms with E-state index >= 15 is 0 Å². The van der Waals surface area contributed by atoms with Gasteiger partial charge in [0.15, 0.2) is 0 Å². The van der Waals surface area contributed by atoms with Crippen LogP contribution in [0.2, 0.25) is 0 Å². The molecule has 0 radical (unpaired) electrons. The van der Waals surface area contributed by atoms with E-state index in [1.54, 1.807) is 16.4 Å². The van der Waals surface area contributed by atoms with E-state index in [9.17, 15) is 8.42 Å². The Labute approximate surface area is 166 Å².